The van der Waals surface area contributed by atoms with Crippen molar-refractivity contribution in [1.82, 2.24) is 45.8 Å². The number of nitrogens with zero attached hydrogens (tertiary/aromatic N) is 5. The second-order valence-electron chi connectivity index (χ2n) is 33.7. The lowest BCUT2D eigenvalue weighted by Crippen LogP contribution is -3.21. The van der Waals surface area contributed by atoms with Gasteiger partial charge in [0.05, 0.1) is 0 Å². The summed E-state index contributed by atoms with van der Waals surface area (Å²) in [6, 6.07) is 8.43. The third kappa shape index (κ3) is 6.87. The topological polar surface area (TPSA) is 64.3 Å². The summed E-state index contributed by atoms with van der Waals surface area (Å²) in [7, 11) is 0. The van der Waals surface area contributed by atoms with E-state index in [0.717, 1.165) is 41.7 Å². The van der Waals surface area contributed by atoms with Crippen LogP contribution < -0.4 is 21.3 Å². The van der Waals surface area contributed by atoms with Crippen LogP contribution in [0.2, 0.25) is 0 Å². The minimum Gasteiger partial charge on any atom is -0.312 e. The molecule has 9 saturated carbocycles. The average molecular weight is 1080 g/mol. The first-order valence-electron chi connectivity index (χ1n) is 35.1. The van der Waals surface area contributed by atoms with Crippen molar-refractivity contribution in [3.05, 3.63) is 0 Å². The average Bonchev–Trinajstić information content (AvgIpc) is 0.539. The quantitative estimate of drug-likeness (QED) is 0.108. The summed E-state index contributed by atoms with van der Waals surface area (Å²) in [6.07, 6.45) is 28.7. The number of fused-ring (bicyclic) bond motifs is 3. The first-order chi connectivity index (χ1) is 37.3. The normalized spacial score (nSPS) is 47.7. The van der Waals surface area contributed by atoms with Crippen LogP contribution in [0.5, 0.6) is 0 Å². The van der Waals surface area contributed by atoms with Crippen molar-refractivity contribution < 1.29 is 0 Å². The third-order valence-corrected chi connectivity index (χ3v) is 29.6. The Labute approximate surface area is 478 Å². The molecule has 5 heterocycles. The van der Waals surface area contributed by atoms with Gasteiger partial charge in [0.25, 0.3) is 0 Å². The van der Waals surface area contributed by atoms with Crippen LogP contribution in [-0.4, -0.2) is 168 Å². The minimum atomic E-state index is 0.353. The molecule has 4 spiro atoms. The van der Waals surface area contributed by atoms with Crippen LogP contribution in [0.15, 0.2) is 0 Å². The molecule has 0 amide bonds. The first-order valence-corrected chi connectivity index (χ1v) is 35.1. The molecule has 0 aromatic heterocycles. The van der Waals surface area contributed by atoms with Crippen LogP contribution in [0, 0.1) is 72.9 Å². The molecule has 18 atom stereocenters. The van der Waals surface area contributed by atoms with Crippen molar-refractivity contribution in [1.29, 1.82) is 0 Å². The lowest BCUT2D eigenvalue weighted by molar-refractivity contribution is -0.752. The Morgan fingerprint density at radius 3 is 1.56 bits per heavy atom. The van der Waals surface area contributed by atoms with Gasteiger partial charge in [-0.15, -0.1) is 0 Å². The Bertz CT molecular complexity index is 2180. The number of rotatable bonds is 18. The Morgan fingerprint density at radius 2 is 0.923 bits per heavy atom. The fourth-order valence-corrected chi connectivity index (χ4v) is 28.1. The molecule has 0 aromatic carbocycles. The van der Waals surface area contributed by atoms with Gasteiger partial charge in [0.1, 0.15) is 0 Å². The molecular weight excluding hydrogens is 955 g/mol. The maximum atomic E-state index is 4.15. The molecular formula is C69H121N9. The Kier molecular flexibility index (Phi) is 13.8. The van der Waals surface area contributed by atoms with Gasteiger partial charge in [0.15, 0.2) is 0 Å². The van der Waals surface area contributed by atoms with Crippen molar-refractivity contribution >= 4 is 0 Å². The summed E-state index contributed by atoms with van der Waals surface area (Å²) in [6.45, 7) is 47.4. The van der Waals surface area contributed by atoms with Crippen LogP contribution in [0.1, 0.15) is 218 Å². The molecule has 0 aromatic rings. The molecule has 0 radical (unpaired) electrons. The van der Waals surface area contributed by atoms with Crippen molar-refractivity contribution in [2.24, 2.45) is 72.9 Å². The van der Waals surface area contributed by atoms with Gasteiger partial charge >= 0.3 is 0 Å². The Hall–Kier alpha value is -0.360. The van der Waals surface area contributed by atoms with Gasteiger partial charge in [0.2, 0.25) is 0 Å². The van der Waals surface area contributed by atoms with Gasteiger partial charge in [-0.3, -0.25) is 19.6 Å². The first kappa shape index (κ1) is 55.5. The zero-order valence-corrected chi connectivity index (χ0v) is 52.8. The van der Waals surface area contributed by atoms with E-state index in [1.165, 1.54) is 175 Å². The molecule has 9 nitrogen and oxygen atoms in total. The molecule has 442 valence electrons. The molecule has 5 aliphatic heterocycles. The third-order valence-electron chi connectivity index (χ3n) is 29.6. The van der Waals surface area contributed by atoms with Crippen LogP contribution in [-0.2, 0) is 0 Å². The molecule has 14 aliphatic rings. The summed E-state index contributed by atoms with van der Waals surface area (Å²) in [5.41, 5.74) is 3.61. The highest BCUT2D eigenvalue weighted by Crippen LogP contribution is 3.22. The van der Waals surface area contributed by atoms with Crippen molar-refractivity contribution in [2.45, 2.75) is 297 Å². The van der Waals surface area contributed by atoms with Gasteiger partial charge in [0, 0.05) is 139 Å². The smallest absolute Gasteiger partial charge is 0.0197 e. The zero-order chi connectivity index (χ0) is 54.3. The van der Waals surface area contributed by atoms with E-state index in [2.05, 4.69) is 136 Å². The molecule has 4 N–H and O–H groups in total. The molecule has 0 bridgehead atoms. The molecule has 14 rings (SSSR count). The van der Waals surface area contributed by atoms with Crippen LogP contribution in [0.4, 0.5) is 0 Å². The summed E-state index contributed by atoms with van der Waals surface area (Å²) in [4.78, 5) is 16.2. The van der Waals surface area contributed by atoms with Gasteiger partial charge in [-0.05, 0) is 234 Å². The van der Waals surface area contributed by atoms with E-state index in [4.69, 9.17) is 0 Å². The van der Waals surface area contributed by atoms with Gasteiger partial charge in [-0.2, -0.15) is 0 Å². The van der Waals surface area contributed by atoms with Gasteiger partial charge in [-0.1, -0.05) is 61.8 Å². The van der Waals surface area contributed by atoms with Crippen molar-refractivity contribution in [2.75, 3.05) is 65.4 Å². The Morgan fingerprint density at radius 1 is 0.385 bits per heavy atom. The lowest BCUT2D eigenvalue weighted by atomic mass is 8.82. The summed E-state index contributed by atoms with van der Waals surface area (Å²) >= 11 is 0. The maximum Gasteiger partial charge on any atom is 0.0197 e. The van der Waals surface area contributed by atoms with E-state index >= 15 is 0 Å². The molecule has 9 heteroatoms. The fraction of sp³-hybridized carbons (Fsp3) is 1.00. The molecule has 5 saturated heterocycles. The van der Waals surface area contributed by atoms with Gasteiger partial charge < -0.3 is 26.2 Å². The number of piperidine rings is 2. The second kappa shape index (κ2) is 19.3. The van der Waals surface area contributed by atoms with E-state index < -0.39 is 0 Å². The van der Waals surface area contributed by atoms with Crippen molar-refractivity contribution in [3.8, 4) is 0 Å². The van der Waals surface area contributed by atoms with E-state index in [1.54, 1.807) is 19.3 Å². The largest absolute Gasteiger partial charge is 0.312 e. The van der Waals surface area contributed by atoms with Crippen LogP contribution >= 0.6 is 0 Å². The fourth-order valence-electron chi connectivity index (χ4n) is 28.1. The molecule has 14 fully saturated rings. The number of hydrogen-bond acceptors (Lipinski definition) is 9. The lowest BCUT2D eigenvalue weighted by Gasteiger charge is -3.21. The number of nitrogens with one attached hydrogen (secondary N) is 4. The summed E-state index contributed by atoms with van der Waals surface area (Å²) in [5, 5.41) is 16.2. The van der Waals surface area contributed by atoms with E-state index in [1.807, 2.05) is 0 Å². The van der Waals surface area contributed by atoms with E-state index in [9.17, 15) is 0 Å². The zero-order valence-electron chi connectivity index (χ0n) is 52.8. The molecule has 18 unspecified atom stereocenters. The number of likely N-dealkylation sites (tertiary alicyclic amines) is 5. The van der Waals surface area contributed by atoms with Crippen LogP contribution in [0.25, 0.3) is 0 Å². The highest BCUT2D eigenvalue weighted by molar-refractivity contribution is 5.68. The standard InChI is InChI=1S/C69H121N9/c1-44(2)70-56-21-25-62(26-22-56)29-33-76(41-62)51(12)66-36-55-35-64(49(10)74-30-15-14-16-31-74)65(50(11)75-32-17-18-59(40-75)73-47(7)8)37-60-61(48(9)77-38-53-19-20-58(72-46(5)6)34-54(53)39-77)67(66,69(60,65)68(55,64)66)52(13)78-42-63(43-78)27-23-57(24-28-63)71-45(3)4/h44-61,70-73H,14-43H2,1-13H3. The van der Waals surface area contributed by atoms with E-state index in [-0.39, 0.29) is 0 Å². The molecule has 78 heavy (non-hydrogen) atoms. The Balaban J connectivity index is 0.891. The SMILES string of the molecule is CC(C)NC1CCC2(CC1)CCN(C(C)C13CC4CC5(C(C)N6CCCCC6)C6(C(C)N7CCCC(NC(C)C)C7)CC7C(C(C)N8CC9CCC(NC(C)C)CC9C8)C1(C(C)N1CC8(CCC(NC(C)C)CC8)C1)C76C453)C2. The predicted octanol–water partition coefficient (Wildman–Crippen LogP) is 10.9. The summed E-state index contributed by atoms with van der Waals surface area (Å²) in [5.74, 6) is 4.43. The van der Waals surface area contributed by atoms with E-state index in [0.29, 0.717) is 110 Å². The van der Waals surface area contributed by atoms with Crippen molar-refractivity contribution in [3.63, 3.8) is 0 Å². The monoisotopic (exact) mass is 1080 g/mol. The second-order valence-corrected chi connectivity index (χ2v) is 33.7. The number of hydrogen-bond donors (Lipinski definition) is 4. The minimum absolute atomic E-state index is 0.353. The van der Waals surface area contributed by atoms with Crippen LogP contribution in [0.3, 0.4) is 0 Å². The highest BCUT2D eigenvalue weighted by atomic mass is 15.4. The van der Waals surface area contributed by atoms with Gasteiger partial charge in [-0.25, -0.2) is 0 Å². The summed E-state index contributed by atoms with van der Waals surface area (Å²) < 4.78 is 0. The predicted molar refractivity (Wildman–Crippen MR) is 323 cm³/mol. The maximum absolute atomic E-state index is 4.15. The highest BCUT2D eigenvalue weighted by Gasteiger charge is 3.21. The molecule has 9 aliphatic carbocycles.